The molecule has 0 radical (unpaired) electrons. The number of alkyl carbamates (subject to hydrolysis) is 1. The van der Waals surface area contributed by atoms with Crippen LogP contribution in [0, 0.1) is 0 Å². The Morgan fingerprint density at radius 3 is 2.60 bits per heavy atom. The summed E-state index contributed by atoms with van der Waals surface area (Å²) < 4.78 is 5.14. The molecule has 1 aromatic rings. The van der Waals surface area contributed by atoms with Crippen LogP contribution in [-0.4, -0.2) is 27.8 Å². The van der Waals surface area contributed by atoms with Gasteiger partial charge in [-0.3, -0.25) is 4.79 Å². The van der Waals surface area contributed by atoms with Gasteiger partial charge in [0.05, 0.1) is 23.2 Å². The van der Waals surface area contributed by atoms with E-state index in [2.05, 4.69) is 10.3 Å². The highest BCUT2D eigenvalue weighted by Crippen LogP contribution is 2.21. The maximum absolute atomic E-state index is 11.7. The first-order valence-corrected chi connectivity index (χ1v) is 7.25. The summed E-state index contributed by atoms with van der Waals surface area (Å²) in [5.74, 6) is -1.00. The third-order valence-corrected chi connectivity index (χ3v) is 3.31. The fourth-order valence-corrected chi connectivity index (χ4v) is 2.30. The van der Waals surface area contributed by atoms with Crippen LogP contribution in [0.5, 0.6) is 0 Å². The Hall–Kier alpha value is -1.63. The summed E-state index contributed by atoms with van der Waals surface area (Å²) in [7, 11) is 0. The Morgan fingerprint density at radius 2 is 2.15 bits per heavy atom. The predicted molar refractivity (Wildman–Crippen MR) is 75.9 cm³/mol. The lowest BCUT2D eigenvalue weighted by Gasteiger charge is -2.22. The second-order valence-electron chi connectivity index (χ2n) is 5.32. The first kappa shape index (κ1) is 16.4. The van der Waals surface area contributed by atoms with Crippen LogP contribution in [0.4, 0.5) is 4.79 Å². The largest absolute Gasteiger partial charge is 0.481 e. The SMILES string of the molecule is CCc1nc(C(CC(=O)O)NC(=O)OC(C)(C)C)cs1. The van der Waals surface area contributed by atoms with Crippen LogP contribution in [0.2, 0.25) is 0 Å². The number of ether oxygens (including phenoxy) is 1. The lowest BCUT2D eigenvalue weighted by Crippen LogP contribution is -2.36. The molecule has 0 aliphatic carbocycles. The molecule has 1 unspecified atom stereocenters. The highest BCUT2D eigenvalue weighted by atomic mass is 32.1. The van der Waals surface area contributed by atoms with Gasteiger partial charge in [-0.2, -0.15) is 0 Å². The van der Waals surface area contributed by atoms with Crippen molar-refractivity contribution in [2.75, 3.05) is 0 Å². The summed E-state index contributed by atoms with van der Waals surface area (Å²) in [5.41, 5.74) is -0.0748. The van der Waals surface area contributed by atoms with Crippen LogP contribution < -0.4 is 5.32 Å². The van der Waals surface area contributed by atoms with Gasteiger partial charge in [0.15, 0.2) is 0 Å². The number of aryl methyl sites for hydroxylation is 1. The Morgan fingerprint density at radius 1 is 1.50 bits per heavy atom. The summed E-state index contributed by atoms with van der Waals surface area (Å²) in [6.07, 6.45) is -0.0990. The van der Waals surface area contributed by atoms with Crippen molar-refractivity contribution in [2.24, 2.45) is 0 Å². The maximum Gasteiger partial charge on any atom is 0.408 e. The zero-order valence-electron chi connectivity index (χ0n) is 12.1. The summed E-state index contributed by atoms with van der Waals surface area (Å²) in [6.45, 7) is 7.21. The summed E-state index contributed by atoms with van der Waals surface area (Å²) in [4.78, 5) is 27.0. The van der Waals surface area contributed by atoms with Crippen molar-refractivity contribution >= 4 is 23.4 Å². The van der Waals surface area contributed by atoms with E-state index in [1.807, 2.05) is 6.92 Å². The number of hydrogen-bond acceptors (Lipinski definition) is 5. The molecule has 20 heavy (non-hydrogen) atoms. The highest BCUT2D eigenvalue weighted by Gasteiger charge is 2.24. The average molecular weight is 300 g/mol. The Kier molecular flexibility index (Phi) is 5.50. The van der Waals surface area contributed by atoms with Crippen molar-refractivity contribution in [3.8, 4) is 0 Å². The van der Waals surface area contributed by atoms with Crippen molar-refractivity contribution in [1.82, 2.24) is 10.3 Å². The van der Waals surface area contributed by atoms with E-state index in [0.717, 1.165) is 11.4 Å². The van der Waals surface area contributed by atoms with Crippen molar-refractivity contribution < 1.29 is 19.4 Å². The molecule has 0 saturated carbocycles. The molecule has 1 atom stereocenters. The van der Waals surface area contributed by atoms with Crippen molar-refractivity contribution in [1.29, 1.82) is 0 Å². The molecule has 1 heterocycles. The molecule has 0 aliphatic heterocycles. The number of carboxylic acids is 1. The van der Waals surface area contributed by atoms with Gasteiger partial charge < -0.3 is 15.2 Å². The molecule has 0 aromatic carbocycles. The minimum atomic E-state index is -1.00. The second kappa shape index (κ2) is 6.69. The quantitative estimate of drug-likeness (QED) is 0.873. The van der Waals surface area contributed by atoms with Gasteiger partial charge in [0.1, 0.15) is 5.60 Å². The number of aromatic nitrogens is 1. The van der Waals surface area contributed by atoms with E-state index in [1.165, 1.54) is 11.3 Å². The first-order chi connectivity index (χ1) is 9.21. The molecule has 0 spiro atoms. The van der Waals surface area contributed by atoms with Crippen LogP contribution in [0.15, 0.2) is 5.38 Å². The van der Waals surface area contributed by atoms with Crippen molar-refractivity contribution in [2.45, 2.75) is 52.2 Å². The molecule has 1 amide bonds. The van der Waals surface area contributed by atoms with Crippen molar-refractivity contribution in [3.05, 3.63) is 16.1 Å². The van der Waals surface area contributed by atoms with Crippen LogP contribution in [-0.2, 0) is 16.0 Å². The molecule has 2 N–H and O–H groups in total. The molecule has 6 nitrogen and oxygen atoms in total. The lowest BCUT2D eigenvalue weighted by atomic mass is 10.1. The summed E-state index contributed by atoms with van der Waals surface area (Å²) in [5, 5.41) is 14.2. The topological polar surface area (TPSA) is 88.5 Å². The van der Waals surface area contributed by atoms with Crippen LogP contribution >= 0.6 is 11.3 Å². The van der Waals surface area contributed by atoms with E-state index in [9.17, 15) is 9.59 Å². The third kappa shape index (κ3) is 5.56. The molecule has 0 saturated heterocycles. The number of aliphatic carboxylic acids is 1. The summed E-state index contributed by atoms with van der Waals surface area (Å²) in [6, 6.07) is -0.682. The molecule has 1 aromatic heterocycles. The Balaban J connectivity index is 2.79. The normalized spacial score (nSPS) is 12.8. The smallest absolute Gasteiger partial charge is 0.408 e. The molecule has 0 fully saturated rings. The fourth-order valence-electron chi connectivity index (χ4n) is 1.50. The number of hydrogen-bond donors (Lipinski definition) is 2. The van der Waals surface area contributed by atoms with Gasteiger partial charge >= 0.3 is 12.1 Å². The van der Waals surface area contributed by atoms with E-state index in [-0.39, 0.29) is 6.42 Å². The number of thiazole rings is 1. The molecule has 7 heteroatoms. The number of carboxylic acid groups (broad SMARTS) is 1. The van der Waals surface area contributed by atoms with Gasteiger partial charge in [-0.25, -0.2) is 9.78 Å². The fraction of sp³-hybridized carbons (Fsp3) is 0.615. The minimum Gasteiger partial charge on any atom is -0.481 e. The molecular formula is C13H20N2O4S. The lowest BCUT2D eigenvalue weighted by molar-refractivity contribution is -0.137. The average Bonchev–Trinajstić information content (AvgIpc) is 2.73. The van der Waals surface area contributed by atoms with Gasteiger partial charge in [0.25, 0.3) is 0 Å². The molecule has 112 valence electrons. The van der Waals surface area contributed by atoms with E-state index < -0.39 is 23.7 Å². The zero-order valence-corrected chi connectivity index (χ0v) is 12.9. The van der Waals surface area contributed by atoms with Gasteiger partial charge in [-0.1, -0.05) is 6.92 Å². The predicted octanol–water partition coefficient (Wildman–Crippen LogP) is 2.75. The Bertz CT molecular complexity index is 479. The van der Waals surface area contributed by atoms with Gasteiger partial charge in [-0.15, -0.1) is 11.3 Å². The third-order valence-electron chi connectivity index (χ3n) is 2.30. The van der Waals surface area contributed by atoms with Crippen LogP contribution in [0.1, 0.15) is 50.9 Å². The van der Waals surface area contributed by atoms with Crippen LogP contribution in [0.25, 0.3) is 0 Å². The van der Waals surface area contributed by atoms with E-state index in [1.54, 1.807) is 26.2 Å². The monoisotopic (exact) mass is 300 g/mol. The molecular weight excluding hydrogens is 280 g/mol. The number of carbonyl (C=O) groups is 2. The number of carbonyl (C=O) groups excluding carboxylic acids is 1. The molecule has 1 rings (SSSR count). The highest BCUT2D eigenvalue weighted by molar-refractivity contribution is 7.09. The maximum atomic E-state index is 11.7. The Labute approximate surface area is 122 Å². The zero-order chi connectivity index (χ0) is 15.3. The van der Waals surface area contributed by atoms with Crippen molar-refractivity contribution in [3.63, 3.8) is 0 Å². The summed E-state index contributed by atoms with van der Waals surface area (Å²) >= 11 is 1.45. The van der Waals surface area contributed by atoms with Gasteiger partial charge in [-0.05, 0) is 27.2 Å². The first-order valence-electron chi connectivity index (χ1n) is 6.37. The van der Waals surface area contributed by atoms with Gasteiger partial charge in [0, 0.05) is 5.38 Å². The van der Waals surface area contributed by atoms with E-state index in [0.29, 0.717) is 5.69 Å². The molecule has 0 aliphatic rings. The number of nitrogens with zero attached hydrogens (tertiary/aromatic N) is 1. The standard InChI is InChI=1S/C13H20N2O4S/c1-5-10-14-9(7-20-10)8(6-11(16)17)15-12(18)19-13(2,3)4/h7-8H,5-6H2,1-4H3,(H,15,18)(H,16,17). The van der Waals surface area contributed by atoms with Gasteiger partial charge in [0.2, 0.25) is 0 Å². The minimum absolute atomic E-state index is 0.230. The number of nitrogens with one attached hydrogen (secondary N) is 1. The second-order valence-corrected chi connectivity index (χ2v) is 6.26. The number of rotatable bonds is 5. The molecule has 0 bridgehead atoms. The van der Waals surface area contributed by atoms with Crippen LogP contribution in [0.3, 0.4) is 0 Å². The van der Waals surface area contributed by atoms with E-state index in [4.69, 9.17) is 9.84 Å². The van der Waals surface area contributed by atoms with E-state index >= 15 is 0 Å². The number of amides is 1.